The number of likely N-dealkylation sites (tertiary alicyclic amines) is 1. The van der Waals surface area contributed by atoms with Crippen molar-refractivity contribution in [1.29, 1.82) is 0 Å². The summed E-state index contributed by atoms with van der Waals surface area (Å²) in [7, 11) is 0. The number of nitrogens with zero attached hydrogens (tertiary/aromatic N) is 1. The van der Waals surface area contributed by atoms with Crippen LogP contribution in [0.4, 0.5) is 5.69 Å². The Morgan fingerprint density at radius 2 is 1.56 bits per heavy atom. The first kappa shape index (κ1) is 35.9. The van der Waals surface area contributed by atoms with Gasteiger partial charge in [-0.3, -0.25) is 24.5 Å². The highest BCUT2D eigenvalue weighted by Crippen LogP contribution is 2.42. The number of ether oxygens (including phenoxy) is 2. The van der Waals surface area contributed by atoms with Gasteiger partial charge in [0.2, 0.25) is 17.7 Å². The van der Waals surface area contributed by atoms with Crippen LogP contribution in [0, 0.1) is 5.92 Å². The van der Waals surface area contributed by atoms with E-state index in [1.165, 1.54) is 19.3 Å². The fourth-order valence-corrected chi connectivity index (χ4v) is 7.41. The second-order valence-electron chi connectivity index (χ2n) is 14.5. The molecule has 0 radical (unpaired) electrons. The largest absolute Gasteiger partial charge is 0.392 e. The number of hydrogen-bond acceptors (Lipinski definition) is 8. The summed E-state index contributed by atoms with van der Waals surface area (Å²) in [4.78, 5) is 39.7. The topological polar surface area (TPSA) is 149 Å². The Morgan fingerprint density at radius 1 is 0.875 bits per heavy atom. The number of fused-ring (bicyclic) bond motifs is 1. The molecule has 11 heteroatoms. The van der Waals surface area contributed by atoms with Gasteiger partial charge < -0.3 is 25.2 Å². The molecule has 11 nitrogen and oxygen atoms in total. The molecule has 2 aromatic carbocycles. The minimum atomic E-state index is -0.665. The van der Waals surface area contributed by atoms with Crippen molar-refractivity contribution in [3.8, 4) is 0 Å². The lowest BCUT2D eigenvalue weighted by Gasteiger charge is -2.50. The van der Waals surface area contributed by atoms with E-state index < -0.39 is 12.2 Å². The van der Waals surface area contributed by atoms with Crippen LogP contribution in [-0.2, 0) is 30.5 Å². The molecule has 2 heterocycles. The van der Waals surface area contributed by atoms with Crippen molar-refractivity contribution >= 4 is 23.4 Å². The van der Waals surface area contributed by atoms with Gasteiger partial charge in [-0.05, 0) is 82.1 Å². The fourth-order valence-electron chi connectivity index (χ4n) is 7.41. The molecule has 2 aliphatic heterocycles. The minimum absolute atomic E-state index is 0.0312. The normalized spacial score (nSPS) is 26.3. The van der Waals surface area contributed by atoms with E-state index in [1.807, 2.05) is 57.2 Å². The summed E-state index contributed by atoms with van der Waals surface area (Å²) in [6.07, 6.45) is 6.64. The smallest absolute Gasteiger partial charge is 0.243 e. The first-order valence-corrected chi connectivity index (χ1v) is 17.4. The maximum absolute atomic E-state index is 13.7. The van der Waals surface area contributed by atoms with Gasteiger partial charge in [0.05, 0.1) is 24.9 Å². The number of anilines is 1. The maximum Gasteiger partial charge on any atom is 0.243 e. The Kier molecular flexibility index (Phi) is 12.3. The van der Waals surface area contributed by atoms with Crippen LogP contribution in [0.5, 0.6) is 0 Å². The van der Waals surface area contributed by atoms with Crippen LogP contribution in [0.1, 0.15) is 114 Å². The van der Waals surface area contributed by atoms with Crippen molar-refractivity contribution in [3.63, 3.8) is 0 Å². The summed E-state index contributed by atoms with van der Waals surface area (Å²) in [5.41, 5.74) is 4.51. The zero-order chi connectivity index (χ0) is 34.3. The number of nitrogens with one attached hydrogen (secondary N) is 3. The second kappa shape index (κ2) is 16.4. The molecule has 0 bridgehead atoms. The summed E-state index contributed by atoms with van der Waals surface area (Å²) in [6.45, 7) is 6.66. The van der Waals surface area contributed by atoms with Crippen molar-refractivity contribution in [3.05, 3.63) is 65.2 Å². The number of carbonyl (C=O) groups excluding carboxylic acids is 3. The molecule has 262 valence electrons. The van der Waals surface area contributed by atoms with Crippen molar-refractivity contribution < 1.29 is 34.2 Å². The third-order valence-corrected chi connectivity index (χ3v) is 9.74. The van der Waals surface area contributed by atoms with Crippen LogP contribution in [0.25, 0.3) is 0 Å². The number of amides is 3. The molecular weight excluding hydrogens is 612 g/mol. The van der Waals surface area contributed by atoms with Crippen LogP contribution in [-0.4, -0.2) is 63.2 Å². The number of carbonyl (C=O) groups is 3. The predicted molar refractivity (Wildman–Crippen MR) is 181 cm³/mol. The lowest BCUT2D eigenvalue weighted by molar-refractivity contribution is -0.255. The predicted octanol–water partition coefficient (Wildman–Crippen LogP) is 5.28. The molecule has 5 N–H and O–H groups in total. The zero-order valence-electron chi connectivity index (χ0n) is 28.5. The average molecular weight is 665 g/mol. The monoisotopic (exact) mass is 664 g/mol. The molecule has 5 rings (SSSR count). The zero-order valence-corrected chi connectivity index (χ0v) is 28.5. The first-order valence-electron chi connectivity index (χ1n) is 17.4. The molecule has 3 amide bonds. The molecule has 1 saturated carbocycles. The Morgan fingerprint density at radius 3 is 2.25 bits per heavy atom. The third-order valence-electron chi connectivity index (χ3n) is 9.74. The van der Waals surface area contributed by atoms with Crippen LogP contribution in [0.15, 0.2) is 48.5 Å². The summed E-state index contributed by atoms with van der Waals surface area (Å²) in [6, 6.07) is 15.3. The molecule has 2 saturated heterocycles. The number of aliphatic hydroxyl groups excluding tert-OH is 1. The van der Waals surface area contributed by atoms with Gasteiger partial charge >= 0.3 is 0 Å². The highest BCUT2D eigenvalue weighted by atomic mass is 16.7. The molecule has 0 unspecified atom stereocenters. The van der Waals surface area contributed by atoms with E-state index >= 15 is 0 Å². The molecule has 2 aromatic rings. The van der Waals surface area contributed by atoms with Gasteiger partial charge in [0.1, 0.15) is 0 Å². The molecule has 6 atom stereocenters. The number of piperidine rings is 1. The van der Waals surface area contributed by atoms with E-state index in [0.29, 0.717) is 37.0 Å². The molecular formula is C37H52N4O7. The quantitative estimate of drug-likeness (QED) is 0.161. The van der Waals surface area contributed by atoms with Gasteiger partial charge in [0, 0.05) is 48.6 Å². The Bertz CT molecular complexity index is 1380. The van der Waals surface area contributed by atoms with E-state index in [0.717, 1.165) is 36.0 Å². The lowest BCUT2D eigenvalue weighted by atomic mass is 9.75. The summed E-state index contributed by atoms with van der Waals surface area (Å²) in [5, 5.41) is 24.3. The average Bonchev–Trinajstić information content (AvgIpc) is 3.07. The van der Waals surface area contributed by atoms with Crippen LogP contribution < -0.4 is 16.1 Å². The third kappa shape index (κ3) is 9.63. The molecule has 3 aliphatic rings. The highest BCUT2D eigenvalue weighted by Gasteiger charge is 2.44. The van der Waals surface area contributed by atoms with E-state index in [4.69, 9.17) is 14.7 Å². The van der Waals surface area contributed by atoms with Crippen molar-refractivity contribution in [2.45, 2.75) is 128 Å². The molecule has 0 spiro atoms. The number of hydrogen-bond donors (Lipinski definition) is 5. The molecule has 0 aromatic heterocycles. The van der Waals surface area contributed by atoms with E-state index in [1.54, 1.807) is 17.6 Å². The SMILES string of the molecule is CC(C)(C)NC(=O)[C@H]1CC[C@H]2CCCC[C@H]2N1C[C@H]1C[C@@H](c2ccc(CO)cc2)O[C@@H](c2ccc(NC(=O)CCCC(=O)NO)cc2)O1. The number of benzene rings is 2. The lowest BCUT2D eigenvalue weighted by Crippen LogP contribution is -2.61. The van der Waals surface area contributed by atoms with Crippen LogP contribution in [0.2, 0.25) is 0 Å². The van der Waals surface area contributed by atoms with Gasteiger partial charge in [0.15, 0.2) is 6.29 Å². The molecule has 48 heavy (non-hydrogen) atoms. The minimum Gasteiger partial charge on any atom is -0.392 e. The number of aliphatic hydroxyl groups is 1. The molecule has 3 fully saturated rings. The summed E-state index contributed by atoms with van der Waals surface area (Å²) >= 11 is 0. The van der Waals surface area contributed by atoms with Crippen molar-refractivity contribution in [2.75, 3.05) is 11.9 Å². The highest BCUT2D eigenvalue weighted by molar-refractivity contribution is 5.91. The fraction of sp³-hybridized carbons (Fsp3) is 0.595. The standard InChI is InChI=1S/C37H52N4O7/c1-37(2,3)39-35(45)31-20-17-25-7-4-5-8-30(25)41(31)22-29-21-32(26-13-11-24(23-42)12-14-26)48-36(47-29)27-15-18-28(19-16-27)38-33(43)9-6-10-34(44)40-46/h11-16,18-19,25,29-32,36,42,46H,4-10,17,20-23H2,1-3H3,(H,38,43)(H,39,45)(H,40,44)/t25-,29-,30-,31-,32+,36+/m1/s1. The summed E-state index contributed by atoms with van der Waals surface area (Å²) < 4.78 is 13.3. The van der Waals surface area contributed by atoms with Gasteiger partial charge in [0.25, 0.3) is 0 Å². The first-order chi connectivity index (χ1) is 23.0. The maximum atomic E-state index is 13.7. The van der Waals surface area contributed by atoms with Gasteiger partial charge in [-0.15, -0.1) is 0 Å². The van der Waals surface area contributed by atoms with E-state index in [-0.39, 0.29) is 55.1 Å². The van der Waals surface area contributed by atoms with Crippen molar-refractivity contribution in [2.24, 2.45) is 5.92 Å². The summed E-state index contributed by atoms with van der Waals surface area (Å²) in [5.74, 6) is -0.0779. The van der Waals surface area contributed by atoms with Crippen LogP contribution in [0.3, 0.4) is 0 Å². The van der Waals surface area contributed by atoms with E-state index in [2.05, 4.69) is 15.5 Å². The molecule has 1 aliphatic carbocycles. The second-order valence-corrected chi connectivity index (χ2v) is 14.5. The number of hydroxylamine groups is 1. The van der Waals surface area contributed by atoms with Gasteiger partial charge in [-0.1, -0.05) is 49.2 Å². The Balaban J connectivity index is 1.34. The Labute approximate surface area is 283 Å². The van der Waals surface area contributed by atoms with Gasteiger partial charge in [-0.2, -0.15) is 0 Å². The number of rotatable bonds is 11. The van der Waals surface area contributed by atoms with Crippen LogP contribution >= 0.6 is 0 Å². The Hall–Kier alpha value is -3.35. The van der Waals surface area contributed by atoms with Gasteiger partial charge in [-0.25, -0.2) is 5.48 Å². The van der Waals surface area contributed by atoms with Crippen molar-refractivity contribution in [1.82, 2.24) is 15.7 Å². The van der Waals surface area contributed by atoms with E-state index in [9.17, 15) is 19.5 Å².